The van der Waals surface area contributed by atoms with Crippen LogP contribution in [0.4, 0.5) is 0 Å². The first-order valence-electron chi connectivity index (χ1n) is 5.84. The van der Waals surface area contributed by atoms with Crippen molar-refractivity contribution in [1.29, 1.82) is 0 Å². The molecule has 96 valence electrons. The van der Waals surface area contributed by atoms with Gasteiger partial charge in [-0.25, -0.2) is 9.97 Å². The van der Waals surface area contributed by atoms with Crippen LogP contribution in [-0.2, 0) is 19.9 Å². The maximum atomic E-state index is 6.17. The lowest BCUT2D eigenvalue weighted by Gasteiger charge is -2.11. The summed E-state index contributed by atoms with van der Waals surface area (Å²) in [6.45, 7) is 2.09. The van der Waals surface area contributed by atoms with E-state index in [2.05, 4.69) is 37.9 Å². The average Bonchev–Trinajstić information content (AvgIpc) is 2.67. The number of hydrogen-bond acceptors (Lipinski definition) is 4. The number of aromatic nitrogens is 4. The number of nitrogens with two attached hydrogens (primary N) is 1. The molecular formula is C12H16BrN5. The second-order valence-electron chi connectivity index (χ2n) is 4.17. The maximum Gasteiger partial charge on any atom is 0.115 e. The molecule has 0 bridgehead atoms. The van der Waals surface area contributed by atoms with Gasteiger partial charge in [-0.2, -0.15) is 5.10 Å². The summed E-state index contributed by atoms with van der Waals surface area (Å²) in [5.74, 6) is 0. The van der Waals surface area contributed by atoms with Crippen molar-refractivity contribution in [1.82, 2.24) is 19.7 Å². The summed E-state index contributed by atoms with van der Waals surface area (Å²) in [5.41, 5.74) is 9.27. The summed E-state index contributed by atoms with van der Waals surface area (Å²) in [4.78, 5) is 7.98. The molecule has 0 aliphatic rings. The SMILES string of the molecule is CCc1nn(C)c(CC(N)c2cncnc2)c1Br. The predicted octanol–water partition coefficient (Wildman–Crippen LogP) is 1.78. The molecule has 0 saturated carbocycles. The number of hydrogen-bond donors (Lipinski definition) is 1. The van der Waals surface area contributed by atoms with E-state index in [1.54, 1.807) is 12.4 Å². The Kier molecular flexibility index (Phi) is 4.08. The van der Waals surface area contributed by atoms with Crippen molar-refractivity contribution in [2.45, 2.75) is 25.8 Å². The molecule has 2 heterocycles. The summed E-state index contributed by atoms with van der Waals surface area (Å²) in [5, 5.41) is 4.46. The topological polar surface area (TPSA) is 69.6 Å². The molecule has 2 rings (SSSR count). The highest BCUT2D eigenvalue weighted by molar-refractivity contribution is 9.10. The minimum absolute atomic E-state index is 0.123. The Morgan fingerprint density at radius 1 is 1.39 bits per heavy atom. The Bertz CT molecular complexity index is 523. The van der Waals surface area contributed by atoms with Gasteiger partial charge in [-0.1, -0.05) is 6.92 Å². The second-order valence-corrected chi connectivity index (χ2v) is 4.96. The summed E-state index contributed by atoms with van der Waals surface area (Å²) >= 11 is 3.59. The lowest BCUT2D eigenvalue weighted by molar-refractivity contribution is 0.633. The molecule has 0 aromatic carbocycles. The fraction of sp³-hybridized carbons (Fsp3) is 0.417. The van der Waals surface area contributed by atoms with Gasteiger partial charge < -0.3 is 5.73 Å². The molecule has 0 spiro atoms. The first kappa shape index (κ1) is 13.2. The molecular weight excluding hydrogens is 294 g/mol. The van der Waals surface area contributed by atoms with Crippen molar-refractivity contribution in [2.75, 3.05) is 0 Å². The maximum absolute atomic E-state index is 6.17. The van der Waals surface area contributed by atoms with E-state index in [1.165, 1.54) is 6.33 Å². The van der Waals surface area contributed by atoms with Crippen LogP contribution < -0.4 is 5.73 Å². The van der Waals surface area contributed by atoms with Gasteiger partial charge in [0.25, 0.3) is 0 Å². The molecule has 0 saturated heterocycles. The molecule has 0 aliphatic carbocycles. The van der Waals surface area contributed by atoms with Crippen LogP contribution in [0.1, 0.15) is 29.9 Å². The van der Waals surface area contributed by atoms with Gasteiger partial charge in [0.15, 0.2) is 0 Å². The van der Waals surface area contributed by atoms with Crippen LogP contribution in [0.5, 0.6) is 0 Å². The molecule has 18 heavy (non-hydrogen) atoms. The van der Waals surface area contributed by atoms with Crippen LogP contribution in [0.15, 0.2) is 23.2 Å². The fourth-order valence-corrected chi connectivity index (χ4v) is 2.65. The quantitative estimate of drug-likeness (QED) is 0.934. The number of nitrogens with zero attached hydrogens (tertiary/aromatic N) is 4. The Morgan fingerprint density at radius 3 is 2.61 bits per heavy atom. The van der Waals surface area contributed by atoms with Gasteiger partial charge >= 0.3 is 0 Å². The minimum atomic E-state index is -0.123. The zero-order chi connectivity index (χ0) is 13.1. The number of aryl methyl sites for hydroxylation is 2. The molecule has 0 amide bonds. The van der Waals surface area contributed by atoms with Crippen molar-refractivity contribution in [3.63, 3.8) is 0 Å². The monoisotopic (exact) mass is 309 g/mol. The standard InChI is InChI=1S/C12H16BrN5/c1-3-10-12(13)11(18(2)17-10)4-9(14)8-5-15-7-16-6-8/h5-7,9H,3-4,14H2,1-2H3. The number of rotatable bonds is 4. The molecule has 1 atom stereocenters. The molecule has 0 aliphatic heterocycles. The number of halogens is 1. The van der Waals surface area contributed by atoms with E-state index in [0.29, 0.717) is 6.42 Å². The molecule has 1 unspecified atom stereocenters. The summed E-state index contributed by atoms with van der Waals surface area (Å²) in [7, 11) is 1.94. The first-order chi connectivity index (χ1) is 8.63. The Hall–Kier alpha value is -1.27. The molecule has 6 heteroatoms. The van der Waals surface area contributed by atoms with Crippen molar-refractivity contribution < 1.29 is 0 Å². The summed E-state index contributed by atoms with van der Waals surface area (Å²) < 4.78 is 2.94. The van der Waals surface area contributed by atoms with Gasteiger partial charge in [-0.15, -0.1) is 0 Å². The lowest BCUT2D eigenvalue weighted by Crippen LogP contribution is -2.16. The highest BCUT2D eigenvalue weighted by Crippen LogP contribution is 2.25. The average molecular weight is 310 g/mol. The van der Waals surface area contributed by atoms with E-state index < -0.39 is 0 Å². The molecule has 2 aromatic heterocycles. The third kappa shape index (κ3) is 2.59. The van der Waals surface area contributed by atoms with Gasteiger partial charge in [0, 0.05) is 37.5 Å². The Balaban J connectivity index is 2.22. The van der Waals surface area contributed by atoms with Gasteiger partial charge in [0.05, 0.1) is 15.9 Å². The predicted molar refractivity (Wildman–Crippen MR) is 73.0 cm³/mol. The third-order valence-corrected chi connectivity index (χ3v) is 3.84. The van der Waals surface area contributed by atoms with Crippen LogP contribution in [-0.4, -0.2) is 19.7 Å². The van der Waals surface area contributed by atoms with E-state index in [1.807, 2.05) is 11.7 Å². The summed E-state index contributed by atoms with van der Waals surface area (Å²) in [6, 6.07) is -0.123. The summed E-state index contributed by atoms with van der Waals surface area (Å²) in [6.07, 6.45) is 6.62. The Labute approximate surface area is 115 Å². The van der Waals surface area contributed by atoms with Crippen LogP contribution in [0.25, 0.3) is 0 Å². The fourth-order valence-electron chi connectivity index (χ4n) is 1.87. The van der Waals surface area contributed by atoms with Crippen molar-refractivity contribution >= 4 is 15.9 Å². The van der Waals surface area contributed by atoms with Gasteiger partial charge in [0.2, 0.25) is 0 Å². The zero-order valence-corrected chi connectivity index (χ0v) is 12.1. The smallest absolute Gasteiger partial charge is 0.115 e. The van der Waals surface area contributed by atoms with E-state index in [4.69, 9.17) is 5.73 Å². The van der Waals surface area contributed by atoms with Crippen LogP contribution in [0, 0.1) is 0 Å². The van der Waals surface area contributed by atoms with E-state index in [-0.39, 0.29) is 6.04 Å². The van der Waals surface area contributed by atoms with Gasteiger partial charge in [0.1, 0.15) is 6.33 Å². The van der Waals surface area contributed by atoms with E-state index >= 15 is 0 Å². The molecule has 5 nitrogen and oxygen atoms in total. The zero-order valence-electron chi connectivity index (χ0n) is 10.5. The van der Waals surface area contributed by atoms with Crippen LogP contribution >= 0.6 is 15.9 Å². The van der Waals surface area contributed by atoms with Crippen molar-refractivity contribution in [2.24, 2.45) is 12.8 Å². The lowest BCUT2D eigenvalue weighted by atomic mass is 10.1. The largest absolute Gasteiger partial charge is 0.324 e. The van der Waals surface area contributed by atoms with E-state index in [0.717, 1.165) is 27.8 Å². The van der Waals surface area contributed by atoms with E-state index in [9.17, 15) is 0 Å². The normalized spacial score (nSPS) is 12.7. The van der Waals surface area contributed by atoms with Crippen LogP contribution in [0.3, 0.4) is 0 Å². The molecule has 0 radical (unpaired) electrons. The van der Waals surface area contributed by atoms with Crippen molar-refractivity contribution in [3.05, 3.63) is 40.1 Å². The minimum Gasteiger partial charge on any atom is -0.324 e. The van der Waals surface area contributed by atoms with Crippen molar-refractivity contribution in [3.8, 4) is 0 Å². The van der Waals surface area contributed by atoms with Gasteiger partial charge in [-0.05, 0) is 22.4 Å². The second kappa shape index (κ2) is 5.58. The first-order valence-corrected chi connectivity index (χ1v) is 6.63. The molecule has 2 N–H and O–H groups in total. The molecule has 2 aromatic rings. The highest BCUT2D eigenvalue weighted by atomic mass is 79.9. The van der Waals surface area contributed by atoms with Crippen LogP contribution in [0.2, 0.25) is 0 Å². The highest BCUT2D eigenvalue weighted by Gasteiger charge is 2.16. The molecule has 0 fully saturated rings. The van der Waals surface area contributed by atoms with Gasteiger partial charge in [-0.3, -0.25) is 4.68 Å². The third-order valence-electron chi connectivity index (χ3n) is 2.92. The Morgan fingerprint density at radius 2 is 2.06 bits per heavy atom.